The monoisotopic (exact) mass is 651 g/mol. The van der Waals surface area contributed by atoms with E-state index in [4.69, 9.17) is 18.9 Å². The first-order valence-electron chi connectivity index (χ1n) is 9.69. The van der Waals surface area contributed by atoms with E-state index < -0.39 is 61.5 Å². The molecule has 0 aromatic rings. The van der Waals surface area contributed by atoms with Crippen molar-refractivity contribution >= 4 is 71.8 Å². The number of rotatable bonds is 9. The lowest BCUT2D eigenvalue weighted by molar-refractivity contribution is -0.198. The number of alkyl halides is 3. The van der Waals surface area contributed by atoms with Crippen LogP contribution in [-0.4, -0.2) is 61.5 Å². The van der Waals surface area contributed by atoms with E-state index in [1.165, 1.54) is 27.7 Å². The van der Waals surface area contributed by atoms with E-state index in [0.717, 1.165) is 0 Å². The molecule has 1 unspecified atom stereocenters. The summed E-state index contributed by atoms with van der Waals surface area (Å²) >= 11 is 9.54. The number of ether oxygens (including phenoxy) is 4. The van der Waals surface area contributed by atoms with Crippen molar-refractivity contribution in [2.45, 2.75) is 93.2 Å². The SMILES string of the molecule is CC(C)(C)OC(=O)NC(COC(=O)C(C)(C)Br)C(OC(=O)C(C)(C)Br)OC(=O)C(C)(C)Br. The highest BCUT2D eigenvalue weighted by Gasteiger charge is 2.40. The second kappa shape index (κ2) is 11.5. The number of esters is 3. The molecule has 0 fully saturated rings. The van der Waals surface area contributed by atoms with Gasteiger partial charge >= 0.3 is 24.0 Å². The largest absolute Gasteiger partial charge is 0.462 e. The second-order valence-corrected chi connectivity index (χ2v) is 15.4. The first-order chi connectivity index (χ1) is 14.0. The van der Waals surface area contributed by atoms with Gasteiger partial charge in [-0.1, -0.05) is 47.8 Å². The highest BCUT2D eigenvalue weighted by atomic mass is 79.9. The second-order valence-electron chi connectivity index (χ2n) is 9.45. The Kier molecular flexibility index (Phi) is 11.2. The Hall–Kier alpha value is -0.880. The molecule has 1 N–H and O–H groups in total. The van der Waals surface area contributed by atoms with Crippen molar-refractivity contribution in [3.8, 4) is 0 Å². The van der Waals surface area contributed by atoms with Crippen LogP contribution in [0.15, 0.2) is 0 Å². The highest BCUT2D eigenvalue weighted by Crippen LogP contribution is 2.24. The molecular formula is C20H32Br3NO8. The number of halogens is 3. The molecule has 12 heteroatoms. The average molecular weight is 654 g/mol. The molecule has 9 nitrogen and oxygen atoms in total. The highest BCUT2D eigenvalue weighted by molar-refractivity contribution is 9.10. The Labute approximate surface area is 214 Å². The van der Waals surface area contributed by atoms with Gasteiger partial charge < -0.3 is 24.3 Å². The third kappa shape index (κ3) is 12.4. The van der Waals surface area contributed by atoms with Gasteiger partial charge in [0.25, 0.3) is 6.29 Å². The third-order valence-corrected chi connectivity index (χ3v) is 4.30. The summed E-state index contributed by atoms with van der Waals surface area (Å²) in [6, 6.07) is -1.26. The van der Waals surface area contributed by atoms with E-state index >= 15 is 0 Å². The van der Waals surface area contributed by atoms with Crippen molar-refractivity contribution in [1.82, 2.24) is 5.32 Å². The molecule has 0 aromatic carbocycles. The number of hydrogen-bond donors (Lipinski definition) is 1. The Morgan fingerprint density at radius 2 is 1.09 bits per heavy atom. The number of alkyl carbamates (subject to hydrolysis) is 1. The summed E-state index contributed by atoms with van der Waals surface area (Å²) in [6.07, 6.45) is -2.51. The minimum atomic E-state index is -1.62. The van der Waals surface area contributed by atoms with Gasteiger partial charge in [-0.25, -0.2) is 4.79 Å². The first kappa shape index (κ1) is 31.1. The van der Waals surface area contributed by atoms with Crippen molar-refractivity contribution in [2.24, 2.45) is 0 Å². The molecule has 32 heavy (non-hydrogen) atoms. The van der Waals surface area contributed by atoms with E-state index in [9.17, 15) is 19.2 Å². The normalized spacial score (nSPS) is 13.8. The van der Waals surface area contributed by atoms with Crippen LogP contribution in [0.25, 0.3) is 0 Å². The van der Waals surface area contributed by atoms with E-state index in [-0.39, 0.29) is 0 Å². The van der Waals surface area contributed by atoms with Crippen LogP contribution >= 0.6 is 47.8 Å². The molecule has 1 amide bonds. The summed E-state index contributed by atoms with van der Waals surface area (Å²) in [5, 5.41) is 2.46. The van der Waals surface area contributed by atoms with E-state index in [0.29, 0.717) is 0 Å². The maximum atomic E-state index is 12.5. The molecule has 0 radical (unpaired) electrons. The maximum absolute atomic E-state index is 12.5. The lowest BCUT2D eigenvalue weighted by Gasteiger charge is -2.31. The predicted molar refractivity (Wildman–Crippen MR) is 129 cm³/mol. The van der Waals surface area contributed by atoms with Gasteiger partial charge in [0, 0.05) is 0 Å². The average Bonchev–Trinajstić information content (AvgIpc) is 2.53. The van der Waals surface area contributed by atoms with Crippen LogP contribution in [0.4, 0.5) is 4.79 Å². The van der Waals surface area contributed by atoms with Crippen molar-refractivity contribution in [2.75, 3.05) is 6.61 Å². The Morgan fingerprint density at radius 1 is 0.719 bits per heavy atom. The van der Waals surface area contributed by atoms with Gasteiger partial charge in [0.1, 0.15) is 31.2 Å². The molecule has 0 rings (SSSR count). The summed E-state index contributed by atoms with van der Waals surface area (Å²) in [4.78, 5) is 49.6. The lowest BCUT2D eigenvalue weighted by Crippen LogP contribution is -2.53. The molecule has 0 aliphatic rings. The molecule has 1 atom stereocenters. The zero-order valence-electron chi connectivity index (χ0n) is 19.8. The fourth-order valence-electron chi connectivity index (χ4n) is 1.66. The lowest BCUT2D eigenvalue weighted by atomic mass is 10.2. The smallest absolute Gasteiger partial charge is 0.408 e. The minimum Gasteiger partial charge on any atom is -0.462 e. The molecule has 0 aliphatic heterocycles. The van der Waals surface area contributed by atoms with Crippen molar-refractivity contribution in [1.29, 1.82) is 0 Å². The zero-order chi connectivity index (χ0) is 25.7. The van der Waals surface area contributed by atoms with Gasteiger partial charge in [-0.2, -0.15) is 0 Å². The van der Waals surface area contributed by atoms with Crippen LogP contribution in [-0.2, 0) is 33.3 Å². The van der Waals surface area contributed by atoms with Crippen LogP contribution in [0.1, 0.15) is 62.3 Å². The Morgan fingerprint density at radius 3 is 1.41 bits per heavy atom. The van der Waals surface area contributed by atoms with Gasteiger partial charge in [0.2, 0.25) is 0 Å². The molecule has 0 saturated carbocycles. The van der Waals surface area contributed by atoms with Gasteiger partial charge in [-0.05, 0) is 62.3 Å². The van der Waals surface area contributed by atoms with E-state index in [1.54, 1.807) is 34.6 Å². The Bertz CT molecular complexity index is 672. The van der Waals surface area contributed by atoms with Crippen LogP contribution in [0.5, 0.6) is 0 Å². The number of amides is 1. The summed E-state index contributed by atoms with van der Waals surface area (Å²) in [7, 11) is 0. The topological polar surface area (TPSA) is 117 Å². The summed E-state index contributed by atoms with van der Waals surface area (Å²) in [5.74, 6) is -2.19. The maximum Gasteiger partial charge on any atom is 0.408 e. The standard InChI is InChI=1S/C20H32Br3NO8/c1-17(2,3)32-16(28)24-11(10-29-13(25)18(4,5)21)12(30-14(26)19(6,7)22)31-15(27)20(8,9)23/h11-12H,10H2,1-9H3,(H,24,28). The number of carbonyl (C=O) groups is 4. The van der Waals surface area contributed by atoms with Gasteiger partial charge in [-0.15, -0.1) is 0 Å². The van der Waals surface area contributed by atoms with E-state index in [1.807, 2.05) is 0 Å². The Balaban J connectivity index is 5.96. The molecule has 0 aliphatic carbocycles. The van der Waals surface area contributed by atoms with Gasteiger partial charge in [0.15, 0.2) is 0 Å². The van der Waals surface area contributed by atoms with Crippen LogP contribution in [0.3, 0.4) is 0 Å². The molecule has 0 spiro atoms. The zero-order valence-corrected chi connectivity index (χ0v) is 24.5. The van der Waals surface area contributed by atoms with Crippen LogP contribution in [0.2, 0.25) is 0 Å². The first-order valence-corrected chi connectivity index (χ1v) is 12.1. The van der Waals surface area contributed by atoms with E-state index in [2.05, 4.69) is 53.1 Å². The van der Waals surface area contributed by atoms with Crippen molar-refractivity contribution < 1.29 is 38.1 Å². The van der Waals surface area contributed by atoms with Crippen molar-refractivity contribution in [3.63, 3.8) is 0 Å². The fourth-order valence-corrected chi connectivity index (χ4v) is 1.97. The predicted octanol–water partition coefficient (Wildman–Crippen LogP) is 4.36. The fraction of sp³-hybridized carbons (Fsp3) is 0.800. The quantitative estimate of drug-likeness (QED) is 0.169. The third-order valence-electron chi connectivity index (χ3n) is 3.33. The number of carbonyl (C=O) groups excluding carboxylic acids is 4. The molecule has 0 bridgehead atoms. The van der Waals surface area contributed by atoms with Crippen LogP contribution in [0, 0.1) is 0 Å². The number of nitrogens with one attached hydrogen (secondary N) is 1. The summed E-state index contributed by atoms with van der Waals surface area (Å²) in [6.45, 7) is 13.8. The molecule has 0 saturated heterocycles. The van der Waals surface area contributed by atoms with Gasteiger partial charge in [-0.3, -0.25) is 14.4 Å². The molecular weight excluding hydrogens is 622 g/mol. The van der Waals surface area contributed by atoms with Gasteiger partial charge in [0.05, 0.1) is 0 Å². The molecule has 0 heterocycles. The molecule has 186 valence electrons. The molecule has 0 aromatic heterocycles. The number of hydrogen-bond acceptors (Lipinski definition) is 8. The van der Waals surface area contributed by atoms with Crippen LogP contribution < -0.4 is 5.32 Å². The summed E-state index contributed by atoms with van der Waals surface area (Å²) in [5.41, 5.74) is -0.832. The minimum absolute atomic E-state index is 0.468. The summed E-state index contributed by atoms with van der Waals surface area (Å²) < 4.78 is 18.0. The van der Waals surface area contributed by atoms with Crippen molar-refractivity contribution in [3.05, 3.63) is 0 Å².